The van der Waals surface area contributed by atoms with Crippen LogP contribution in [0, 0.1) is 18.3 Å². The van der Waals surface area contributed by atoms with Crippen LogP contribution in [0.2, 0.25) is 0 Å². The molecule has 19 heavy (non-hydrogen) atoms. The third-order valence-electron chi connectivity index (χ3n) is 2.59. The molecule has 0 aliphatic heterocycles. The first kappa shape index (κ1) is 13.4. The number of nitrogens with one attached hydrogen (secondary N) is 1. The summed E-state index contributed by atoms with van der Waals surface area (Å²) < 4.78 is 4.90. The number of rotatable bonds is 5. The molecule has 0 saturated heterocycles. The number of hydrogen-bond acceptors (Lipinski definition) is 6. The average Bonchev–Trinajstić information content (AvgIpc) is 2.84. The fourth-order valence-electron chi connectivity index (χ4n) is 1.72. The zero-order chi connectivity index (χ0) is 13.7. The summed E-state index contributed by atoms with van der Waals surface area (Å²) in [4.78, 5) is 5.11. The quantitative estimate of drug-likeness (QED) is 0.845. The van der Waals surface area contributed by atoms with Gasteiger partial charge >= 0.3 is 0 Å². The number of aromatic nitrogens is 2. The van der Waals surface area contributed by atoms with Gasteiger partial charge in [-0.15, -0.1) is 11.8 Å². The van der Waals surface area contributed by atoms with E-state index >= 15 is 0 Å². The van der Waals surface area contributed by atoms with Crippen LogP contribution in [-0.4, -0.2) is 22.9 Å². The van der Waals surface area contributed by atoms with Crippen LogP contribution in [0.4, 0.5) is 5.69 Å². The lowest BCUT2D eigenvalue weighted by Crippen LogP contribution is -2.07. The molecule has 0 spiro atoms. The SMILES string of the molecule is CSc1cccc(NCCc2noc(C)n2)c1C#N. The summed E-state index contributed by atoms with van der Waals surface area (Å²) in [6, 6.07) is 8.02. The topological polar surface area (TPSA) is 74.7 Å². The molecule has 0 amide bonds. The molecule has 1 heterocycles. The van der Waals surface area contributed by atoms with Crippen LogP contribution >= 0.6 is 11.8 Å². The molecule has 0 aliphatic rings. The Morgan fingerprint density at radius 1 is 1.47 bits per heavy atom. The maximum atomic E-state index is 9.21. The van der Waals surface area contributed by atoms with E-state index in [2.05, 4.69) is 21.5 Å². The van der Waals surface area contributed by atoms with Gasteiger partial charge in [-0.2, -0.15) is 10.2 Å². The molecule has 0 aliphatic carbocycles. The summed E-state index contributed by atoms with van der Waals surface area (Å²) in [6.07, 6.45) is 2.62. The monoisotopic (exact) mass is 274 g/mol. The number of nitriles is 1. The summed E-state index contributed by atoms with van der Waals surface area (Å²) in [6.45, 7) is 2.42. The lowest BCUT2D eigenvalue weighted by Gasteiger charge is -2.09. The van der Waals surface area contributed by atoms with E-state index in [1.807, 2.05) is 24.5 Å². The fourth-order valence-corrected chi connectivity index (χ4v) is 2.29. The van der Waals surface area contributed by atoms with Crippen molar-refractivity contribution in [3.8, 4) is 6.07 Å². The number of nitrogens with zero attached hydrogens (tertiary/aromatic N) is 3. The highest BCUT2D eigenvalue weighted by molar-refractivity contribution is 7.98. The largest absolute Gasteiger partial charge is 0.383 e. The van der Waals surface area contributed by atoms with Gasteiger partial charge in [-0.3, -0.25) is 0 Å². The molecule has 6 heteroatoms. The highest BCUT2D eigenvalue weighted by Gasteiger charge is 2.07. The van der Waals surface area contributed by atoms with Gasteiger partial charge in [0.15, 0.2) is 5.82 Å². The smallest absolute Gasteiger partial charge is 0.223 e. The zero-order valence-electron chi connectivity index (χ0n) is 10.8. The van der Waals surface area contributed by atoms with Crippen molar-refractivity contribution in [3.63, 3.8) is 0 Å². The second kappa shape index (κ2) is 6.25. The molecule has 0 fully saturated rings. The second-order valence-corrected chi connectivity index (χ2v) is 4.75. The third kappa shape index (κ3) is 3.26. The minimum atomic E-state index is 0.567. The second-order valence-electron chi connectivity index (χ2n) is 3.90. The van der Waals surface area contributed by atoms with Crippen LogP contribution in [0.3, 0.4) is 0 Å². The van der Waals surface area contributed by atoms with E-state index in [1.165, 1.54) is 0 Å². The van der Waals surface area contributed by atoms with Gasteiger partial charge < -0.3 is 9.84 Å². The summed E-state index contributed by atoms with van der Waals surface area (Å²) >= 11 is 1.57. The van der Waals surface area contributed by atoms with Crippen molar-refractivity contribution in [3.05, 3.63) is 35.5 Å². The summed E-state index contributed by atoms with van der Waals surface area (Å²) in [7, 11) is 0. The Labute approximate surface area is 116 Å². The van der Waals surface area contributed by atoms with Crippen LogP contribution < -0.4 is 5.32 Å². The van der Waals surface area contributed by atoms with Crippen LogP contribution in [-0.2, 0) is 6.42 Å². The van der Waals surface area contributed by atoms with Gasteiger partial charge in [0.2, 0.25) is 5.89 Å². The van der Waals surface area contributed by atoms with E-state index in [-0.39, 0.29) is 0 Å². The Hall–Kier alpha value is -2.00. The number of hydrogen-bond donors (Lipinski definition) is 1. The summed E-state index contributed by atoms with van der Waals surface area (Å²) in [5, 5.41) is 16.3. The number of aryl methyl sites for hydroxylation is 1. The molecular weight excluding hydrogens is 260 g/mol. The maximum absolute atomic E-state index is 9.21. The van der Waals surface area contributed by atoms with Crippen LogP contribution in [0.25, 0.3) is 0 Å². The van der Waals surface area contributed by atoms with Crippen molar-refractivity contribution >= 4 is 17.4 Å². The Kier molecular flexibility index (Phi) is 4.42. The predicted molar refractivity (Wildman–Crippen MR) is 74.2 cm³/mol. The summed E-state index contributed by atoms with van der Waals surface area (Å²) in [5.74, 6) is 1.24. The van der Waals surface area contributed by atoms with E-state index in [1.54, 1.807) is 18.7 Å². The van der Waals surface area contributed by atoms with E-state index in [4.69, 9.17) is 4.52 Å². The Balaban J connectivity index is 2.02. The molecule has 2 rings (SSSR count). The maximum Gasteiger partial charge on any atom is 0.223 e. The highest BCUT2D eigenvalue weighted by atomic mass is 32.2. The van der Waals surface area contributed by atoms with Gasteiger partial charge in [-0.25, -0.2) is 0 Å². The number of anilines is 1. The van der Waals surface area contributed by atoms with Crippen LogP contribution in [0.5, 0.6) is 0 Å². The Bertz CT molecular complexity index is 603. The lowest BCUT2D eigenvalue weighted by atomic mass is 10.2. The summed E-state index contributed by atoms with van der Waals surface area (Å²) in [5.41, 5.74) is 1.52. The number of benzene rings is 1. The van der Waals surface area contributed by atoms with Gasteiger partial charge in [-0.05, 0) is 18.4 Å². The van der Waals surface area contributed by atoms with Crippen LogP contribution in [0.15, 0.2) is 27.6 Å². The molecule has 98 valence electrons. The molecule has 0 unspecified atom stereocenters. The minimum Gasteiger partial charge on any atom is -0.383 e. The molecule has 2 aromatic rings. The normalized spacial score (nSPS) is 10.2. The fraction of sp³-hybridized carbons (Fsp3) is 0.308. The van der Waals surface area contributed by atoms with Crippen molar-refractivity contribution < 1.29 is 4.52 Å². The molecular formula is C13H14N4OS. The molecule has 1 aromatic carbocycles. The average molecular weight is 274 g/mol. The molecule has 0 saturated carbocycles. The van der Waals surface area contributed by atoms with Crippen molar-refractivity contribution in [1.29, 1.82) is 5.26 Å². The van der Waals surface area contributed by atoms with Gasteiger partial charge in [0.1, 0.15) is 6.07 Å². The van der Waals surface area contributed by atoms with Crippen molar-refractivity contribution in [2.75, 3.05) is 18.1 Å². The first-order chi connectivity index (χ1) is 9.24. The molecule has 5 nitrogen and oxygen atoms in total. The van der Waals surface area contributed by atoms with Crippen LogP contribution in [0.1, 0.15) is 17.3 Å². The molecule has 1 aromatic heterocycles. The van der Waals surface area contributed by atoms with Gasteiger partial charge in [-0.1, -0.05) is 11.2 Å². The lowest BCUT2D eigenvalue weighted by molar-refractivity contribution is 0.387. The third-order valence-corrected chi connectivity index (χ3v) is 3.37. The predicted octanol–water partition coefficient (Wildman–Crippen LogP) is 2.63. The van der Waals surface area contributed by atoms with Gasteiger partial charge in [0, 0.05) is 24.8 Å². The first-order valence-corrected chi connectivity index (χ1v) is 7.07. The van der Waals surface area contributed by atoms with E-state index in [9.17, 15) is 5.26 Å². The van der Waals surface area contributed by atoms with Gasteiger partial charge in [0.05, 0.1) is 11.3 Å². The Morgan fingerprint density at radius 2 is 2.32 bits per heavy atom. The van der Waals surface area contributed by atoms with Crippen molar-refractivity contribution in [2.45, 2.75) is 18.2 Å². The van der Waals surface area contributed by atoms with Crippen molar-refractivity contribution in [2.24, 2.45) is 0 Å². The molecule has 0 radical (unpaired) electrons. The standard InChI is InChI=1S/C13H14N4OS/c1-9-16-13(17-18-9)6-7-15-11-4-3-5-12(19-2)10(11)8-14/h3-5,15H,6-7H2,1-2H3. The Morgan fingerprint density at radius 3 is 2.95 bits per heavy atom. The van der Waals surface area contributed by atoms with E-state index in [0.717, 1.165) is 10.6 Å². The minimum absolute atomic E-state index is 0.567. The van der Waals surface area contributed by atoms with Gasteiger partial charge in [0.25, 0.3) is 0 Å². The first-order valence-electron chi connectivity index (χ1n) is 5.84. The van der Waals surface area contributed by atoms with E-state index < -0.39 is 0 Å². The van der Waals surface area contributed by atoms with Crippen molar-refractivity contribution in [1.82, 2.24) is 10.1 Å². The highest BCUT2D eigenvalue weighted by Crippen LogP contribution is 2.26. The number of thioether (sulfide) groups is 1. The van der Waals surface area contributed by atoms with E-state index in [0.29, 0.717) is 30.2 Å². The zero-order valence-corrected chi connectivity index (χ0v) is 11.6. The molecule has 1 N–H and O–H groups in total. The molecule has 0 bridgehead atoms. The molecule has 0 atom stereocenters.